The molecule has 1 unspecified atom stereocenters. The average Bonchev–Trinajstić information content (AvgIpc) is 2.34. The molecule has 0 fully saturated rings. The Labute approximate surface area is 113 Å². The van der Waals surface area contributed by atoms with Crippen LogP contribution in [-0.4, -0.2) is 44.0 Å². The van der Waals surface area contributed by atoms with Crippen molar-refractivity contribution in [2.75, 3.05) is 20.1 Å². The smallest absolute Gasteiger partial charge is 0.321 e. The van der Waals surface area contributed by atoms with Crippen molar-refractivity contribution in [1.29, 1.82) is 0 Å². The van der Waals surface area contributed by atoms with Gasteiger partial charge in [-0.1, -0.05) is 0 Å². The molecule has 0 aliphatic heterocycles. The number of nitrogens with one attached hydrogen (secondary N) is 4. The van der Waals surface area contributed by atoms with E-state index in [1.807, 2.05) is 0 Å². The largest absolute Gasteiger partial charge is 0.359 e. The highest BCUT2D eigenvalue weighted by Gasteiger charge is 2.27. The molecule has 19 heavy (non-hydrogen) atoms. The van der Waals surface area contributed by atoms with E-state index in [9.17, 15) is 14.4 Å². The van der Waals surface area contributed by atoms with Crippen LogP contribution in [0.2, 0.25) is 0 Å². The van der Waals surface area contributed by atoms with Crippen LogP contribution in [0.25, 0.3) is 0 Å². The summed E-state index contributed by atoms with van der Waals surface area (Å²) in [5.41, 5.74) is -0.630. The normalized spacial score (nSPS) is 12.5. The fraction of sp³-hybridized carbons (Fsp3) is 0.750. The van der Waals surface area contributed by atoms with Crippen LogP contribution in [0, 0.1) is 5.41 Å². The van der Waals surface area contributed by atoms with Crippen molar-refractivity contribution in [3.05, 3.63) is 0 Å². The molecule has 0 heterocycles. The van der Waals surface area contributed by atoms with Gasteiger partial charge in [0.1, 0.15) is 0 Å². The lowest BCUT2D eigenvalue weighted by Crippen LogP contribution is -2.51. The first-order chi connectivity index (χ1) is 8.74. The Bertz CT molecular complexity index is 342. The van der Waals surface area contributed by atoms with Gasteiger partial charge in [0.05, 0.1) is 11.5 Å². The second-order valence-electron chi connectivity index (χ2n) is 4.91. The summed E-state index contributed by atoms with van der Waals surface area (Å²) in [4.78, 5) is 34.4. The van der Waals surface area contributed by atoms with Crippen LogP contribution in [0.5, 0.6) is 0 Å². The van der Waals surface area contributed by atoms with E-state index in [0.717, 1.165) is 0 Å². The van der Waals surface area contributed by atoms with Crippen molar-refractivity contribution in [3.8, 4) is 0 Å². The first-order valence-corrected chi connectivity index (χ1v) is 6.28. The second-order valence-corrected chi connectivity index (χ2v) is 4.91. The first kappa shape index (κ1) is 17.4. The zero-order chi connectivity index (χ0) is 15.1. The van der Waals surface area contributed by atoms with Gasteiger partial charge in [0, 0.05) is 20.1 Å². The Kier molecular flexibility index (Phi) is 7.06. The summed E-state index contributed by atoms with van der Waals surface area (Å²) in [5.74, 6) is -0.546. The Morgan fingerprint density at radius 1 is 1.21 bits per heavy atom. The molecule has 1 atom stereocenters. The van der Waals surface area contributed by atoms with Crippen LogP contribution in [0.15, 0.2) is 0 Å². The van der Waals surface area contributed by atoms with Gasteiger partial charge >= 0.3 is 6.03 Å². The number of amides is 4. The lowest BCUT2D eigenvalue weighted by atomic mass is 9.92. The van der Waals surface area contributed by atoms with E-state index < -0.39 is 23.4 Å². The van der Waals surface area contributed by atoms with Gasteiger partial charge in [0.2, 0.25) is 11.8 Å². The molecular weight excluding hydrogens is 248 g/mol. The number of urea groups is 1. The Morgan fingerprint density at radius 3 is 2.26 bits per heavy atom. The molecule has 7 heteroatoms. The van der Waals surface area contributed by atoms with Gasteiger partial charge in [0.25, 0.3) is 0 Å². The molecule has 0 aromatic heterocycles. The standard InChI is InChI=1S/C12H24N4O3/c1-6-14-11(19)16-9(17)8(2)15-7-12(3,4)10(18)13-5/h8,15H,6-7H2,1-5H3,(H,13,18)(H2,14,16,17,19). The van der Waals surface area contributed by atoms with Crippen LogP contribution in [0.4, 0.5) is 4.79 Å². The molecule has 4 amide bonds. The molecule has 110 valence electrons. The minimum atomic E-state index is -0.630. The summed E-state index contributed by atoms with van der Waals surface area (Å²) in [6.07, 6.45) is 0. The number of rotatable bonds is 6. The number of carbonyl (C=O) groups excluding carboxylic acids is 3. The summed E-state index contributed by atoms with van der Waals surface area (Å²) in [6, 6.07) is -1.08. The molecule has 0 saturated carbocycles. The van der Waals surface area contributed by atoms with Crippen LogP contribution < -0.4 is 21.3 Å². The topological polar surface area (TPSA) is 99.3 Å². The fourth-order valence-electron chi connectivity index (χ4n) is 1.34. The lowest BCUT2D eigenvalue weighted by molar-refractivity contribution is -0.129. The first-order valence-electron chi connectivity index (χ1n) is 6.28. The molecule has 0 aliphatic carbocycles. The highest BCUT2D eigenvalue weighted by Crippen LogP contribution is 2.13. The molecule has 7 nitrogen and oxygen atoms in total. The Balaban J connectivity index is 4.24. The van der Waals surface area contributed by atoms with Gasteiger partial charge in [0.15, 0.2) is 0 Å². The van der Waals surface area contributed by atoms with Crippen molar-refractivity contribution in [1.82, 2.24) is 21.3 Å². The van der Waals surface area contributed by atoms with Gasteiger partial charge in [-0.3, -0.25) is 14.9 Å². The molecule has 4 N–H and O–H groups in total. The zero-order valence-corrected chi connectivity index (χ0v) is 12.2. The monoisotopic (exact) mass is 272 g/mol. The highest BCUT2D eigenvalue weighted by atomic mass is 16.2. The number of hydrogen-bond donors (Lipinski definition) is 4. The maximum absolute atomic E-state index is 11.6. The third kappa shape index (κ3) is 6.19. The van der Waals surface area contributed by atoms with E-state index in [-0.39, 0.29) is 5.91 Å². The molecule has 0 aromatic carbocycles. The quantitative estimate of drug-likeness (QED) is 0.528. The summed E-state index contributed by atoms with van der Waals surface area (Å²) < 4.78 is 0. The van der Waals surface area contributed by atoms with Crippen molar-refractivity contribution in [2.45, 2.75) is 33.7 Å². The van der Waals surface area contributed by atoms with E-state index in [1.165, 1.54) is 0 Å². The number of hydrogen-bond acceptors (Lipinski definition) is 4. The molecular formula is C12H24N4O3. The van der Waals surface area contributed by atoms with Gasteiger partial charge < -0.3 is 16.0 Å². The van der Waals surface area contributed by atoms with E-state index in [4.69, 9.17) is 0 Å². The van der Waals surface area contributed by atoms with E-state index in [1.54, 1.807) is 34.7 Å². The van der Waals surface area contributed by atoms with Crippen LogP contribution >= 0.6 is 0 Å². The van der Waals surface area contributed by atoms with Crippen molar-refractivity contribution in [2.24, 2.45) is 5.41 Å². The fourth-order valence-corrected chi connectivity index (χ4v) is 1.34. The molecule has 0 aromatic rings. The number of imide groups is 1. The van der Waals surface area contributed by atoms with Gasteiger partial charge in [-0.25, -0.2) is 4.79 Å². The van der Waals surface area contributed by atoms with Gasteiger partial charge in [-0.15, -0.1) is 0 Å². The number of carbonyl (C=O) groups is 3. The minimum absolute atomic E-state index is 0.115. The van der Waals surface area contributed by atoms with Crippen molar-refractivity contribution in [3.63, 3.8) is 0 Å². The van der Waals surface area contributed by atoms with E-state index in [0.29, 0.717) is 13.1 Å². The molecule has 0 radical (unpaired) electrons. The Hall–Kier alpha value is -1.63. The highest BCUT2D eigenvalue weighted by molar-refractivity contribution is 5.96. The molecule has 0 spiro atoms. The van der Waals surface area contributed by atoms with Crippen LogP contribution in [0.1, 0.15) is 27.7 Å². The maximum atomic E-state index is 11.6. The van der Waals surface area contributed by atoms with Gasteiger partial charge in [-0.05, 0) is 27.7 Å². The third-order valence-electron chi connectivity index (χ3n) is 2.66. The SMILES string of the molecule is CCNC(=O)NC(=O)C(C)NCC(C)(C)C(=O)NC. The summed E-state index contributed by atoms with van der Waals surface area (Å²) in [7, 11) is 1.56. The van der Waals surface area contributed by atoms with Crippen molar-refractivity contribution < 1.29 is 14.4 Å². The minimum Gasteiger partial charge on any atom is -0.359 e. The molecule has 0 saturated heterocycles. The summed E-state index contributed by atoms with van der Waals surface area (Å²) in [6.45, 7) is 7.72. The molecule has 0 aliphatic rings. The molecule has 0 rings (SSSR count). The van der Waals surface area contributed by atoms with Crippen molar-refractivity contribution >= 4 is 17.8 Å². The predicted octanol–water partition coefficient (Wildman–Crippen LogP) is -0.418. The summed E-state index contributed by atoms with van der Waals surface area (Å²) >= 11 is 0. The van der Waals surface area contributed by atoms with E-state index in [2.05, 4.69) is 21.3 Å². The maximum Gasteiger partial charge on any atom is 0.321 e. The third-order valence-corrected chi connectivity index (χ3v) is 2.66. The van der Waals surface area contributed by atoms with Gasteiger partial charge in [-0.2, -0.15) is 0 Å². The average molecular weight is 272 g/mol. The van der Waals surface area contributed by atoms with E-state index >= 15 is 0 Å². The molecule has 0 bridgehead atoms. The second kappa shape index (κ2) is 7.73. The zero-order valence-electron chi connectivity index (χ0n) is 12.2. The van der Waals surface area contributed by atoms with Crippen LogP contribution in [-0.2, 0) is 9.59 Å². The Morgan fingerprint density at radius 2 is 1.79 bits per heavy atom. The summed E-state index contributed by atoms with van der Waals surface area (Å²) in [5, 5.41) is 10.2. The predicted molar refractivity (Wildman–Crippen MR) is 72.5 cm³/mol. The lowest BCUT2D eigenvalue weighted by Gasteiger charge is -2.25. The van der Waals surface area contributed by atoms with Crippen LogP contribution in [0.3, 0.4) is 0 Å².